The van der Waals surface area contributed by atoms with Crippen LogP contribution in [0.1, 0.15) is 37.6 Å². The van der Waals surface area contributed by atoms with Gasteiger partial charge in [-0.1, -0.05) is 19.1 Å². The summed E-state index contributed by atoms with van der Waals surface area (Å²) in [6.07, 6.45) is 1.05. The third-order valence-electron chi connectivity index (χ3n) is 3.54. The first-order valence-corrected chi connectivity index (χ1v) is 6.88. The van der Waals surface area contributed by atoms with E-state index in [1.165, 1.54) is 0 Å². The highest BCUT2D eigenvalue weighted by Gasteiger charge is 2.13. The summed E-state index contributed by atoms with van der Waals surface area (Å²) in [5.41, 5.74) is 3.14. The number of hydrogen-bond donors (Lipinski definition) is 2. The summed E-state index contributed by atoms with van der Waals surface area (Å²) in [5.74, 6) is 0. The van der Waals surface area contributed by atoms with Crippen LogP contribution in [0.5, 0.6) is 0 Å². The number of benzene rings is 1. The van der Waals surface area contributed by atoms with E-state index in [2.05, 4.69) is 36.3 Å². The van der Waals surface area contributed by atoms with E-state index in [4.69, 9.17) is 0 Å². The minimum absolute atomic E-state index is 0.0133. The van der Waals surface area contributed by atoms with Gasteiger partial charge in [-0.05, 0) is 44.0 Å². The Balaban J connectivity index is 2.30. The molecule has 0 saturated heterocycles. The zero-order valence-corrected chi connectivity index (χ0v) is 11.9. The lowest BCUT2D eigenvalue weighted by molar-refractivity contribution is 0.234. The summed E-state index contributed by atoms with van der Waals surface area (Å²) in [6, 6.07) is 10.7. The number of rotatable bonds is 5. The largest absolute Gasteiger partial charge is 0.394 e. The van der Waals surface area contributed by atoms with Gasteiger partial charge in [0.15, 0.2) is 0 Å². The topological polar surface area (TPSA) is 45.1 Å². The van der Waals surface area contributed by atoms with Gasteiger partial charge in [-0.2, -0.15) is 0 Å². The molecule has 3 nitrogen and oxygen atoms in total. The van der Waals surface area contributed by atoms with Gasteiger partial charge in [0.05, 0.1) is 18.2 Å². The van der Waals surface area contributed by atoms with Crippen molar-refractivity contribution in [1.82, 2.24) is 10.3 Å². The monoisotopic (exact) mass is 258 g/mol. The molecule has 0 amide bonds. The number of aryl methyl sites for hydroxylation is 1. The Labute approximate surface area is 114 Å². The smallest absolute Gasteiger partial charge is 0.0705 e. The van der Waals surface area contributed by atoms with E-state index in [1.54, 1.807) is 0 Å². The molecule has 3 heteroatoms. The number of aliphatic hydroxyl groups excluding tert-OH is 1. The summed E-state index contributed by atoms with van der Waals surface area (Å²) in [5, 5.41) is 14.1. The summed E-state index contributed by atoms with van der Waals surface area (Å²) >= 11 is 0. The molecule has 2 unspecified atom stereocenters. The van der Waals surface area contributed by atoms with Crippen LogP contribution in [0.2, 0.25) is 0 Å². The van der Waals surface area contributed by atoms with Gasteiger partial charge in [0.1, 0.15) is 0 Å². The third kappa shape index (κ3) is 3.31. The summed E-state index contributed by atoms with van der Waals surface area (Å²) in [6.45, 7) is 6.37. The number of fused-ring (bicyclic) bond motifs is 1. The molecule has 1 heterocycles. The van der Waals surface area contributed by atoms with Crippen molar-refractivity contribution in [3.8, 4) is 0 Å². The fourth-order valence-electron chi connectivity index (χ4n) is 2.18. The predicted molar refractivity (Wildman–Crippen MR) is 79.2 cm³/mol. The molecule has 1 aromatic heterocycles. The first kappa shape index (κ1) is 14.0. The number of aromatic nitrogens is 1. The van der Waals surface area contributed by atoms with Crippen molar-refractivity contribution < 1.29 is 5.11 Å². The zero-order valence-electron chi connectivity index (χ0n) is 11.9. The van der Waals surface area contributed by atoms with Crippen LogP contribution in [0.3, 0.4) is 0 Å². The van der Waals surface area contributed by atoms with E-state index in [0.717, 1.165) is 28.6 Å². The molecule has 0 saturated carbocycles. The average Bonchev–Trinajstić information content (AvgIpc) is 2.43. The number of hydrogen-bond acceptors (Lipinski definition) is 3. The standard InChI is InChI=1S/C16H22N2O/c1-4-11(2)17-16(10-19)14-7-8-15-13(9-14)6-5-12(3)18-15/h5-9,11,16-17,19H,4,10H2,1-3H3. The number of nitrogens with one attached hydrogen (secondary N) is 1. The number of aliphatic hydroxyl groups is 1. The van der Waals surface area contributed by atoms with Gasteiger partial charge in [-0.15, -0.1) is 0 Å². The fourth-order valence-corrected chi connectivity index (χ4v) is 2.18. The lowest BCUT2D eigenvalue weighted by Crippen LogP contribution is -2.32. The second-order valence-corrected chi connectivity index (χ2v) is 5.12. The van der Waals surface area contributed by atoms with Crippen molar-refractivity contribution in [3.63, 3.8) is 0 Å². The molecule has 2 atom stereocenters. The Morgan fingerprint density at radius 3 is 2.74 bits per heavy atom. The molecule has 0 bridgehead atoms. The normalized spacial score (nSPS) is 14.5. The SMILES string of the molecule is CCC(C)NC(CO)c1ccc2nc(C)ccc2c1. The molecular formula is C16H22N2O. The second-order valence-electron chi connectivity index (χ2n) is 5.12. The van der Waals surface area contributed by atoms with E-state index in [0.29, 0.717) is 6.04 Å². The molecule has 2 N–H and O–H groups in total. The van der Waals surface area contributed by atoms with Crippen molar-refractivity contribution in [3.05, 3.63) is 41.6 Å². The van der Waals surface area contributed by atoms with Crippen LogP contribution >= 0.6 is 0 Å². The van der Waals surface area contributed by atoms with Crippen molar-refractivity contribution in [1.29, 1.82) is 0 Å². The summed E-state index contributed by atoms with van der Waals surface area (Å²) < 4.78 is 0. The van der Waals surface area contributed by atoms with Gasteiger partial charge in [0, 0.05) is 17.1 Å². The molecule has 2 rings (SSSR count). The van der Waals surface area contributed by atoms with E-state index in [-0.39, 0.29) is 12.6 Å². The Morgan fingerprint density at radius 2 is 2.05 bits per heavy atom. The quantitative estimate of drug-likeness (QED) is 0.866. The van der Waals surface area contributed by atoms with Crippen molar-refractivity contribution in [2.75, 3.05) is 6.61 Å². The number of nitrogens with zero attached hydrogens (tertiary/aromatic N) is 1. The summed E-state index contributed by atoms with van der Waals surface area (Å²) in [7, 11) is 0. The Hall–Kier alpha value is -1.45. The summed E-state index contributed by atoms with van der Waals surface area (Å²) in [4.78, 5) is 4.50. The van der Waals surface area contributed by atoms with Gasteiger partial charge >= 0.3 is 0 Å². The highest BCUT2D eigenvalue weighted by Crippen LogP contribution is 2.20. The van der Waals surface area contributed by atoms with Gasteiger partial charge in [-0.3, -0.25) is 4.98 Å². The molecule has 0 spiro atoms. The van der Waals surface area contributed by atoms with E-state index >= 15 is 0 Å². The first-order valence-electron chi connectivity index (χ1n) is 6.88. The molecule has 102 valence electrons. The minimum atomic E-state index is -0.0133. The molecule has 0 aliphatic rings. The highest BCUT2D eigenvalue weighted by atomic mass is 16.3. The highest BCUT2D eigenvalue weighted by molar-refractivity contribution is 5.79. The lowest BCUT2D eigenvalue weighted by Gasteiger charge is -2.21. The van der Waals surface area contributed by atoms with E-state index in [1.807, 2.05) is 25.1 Å². The van der Waals surface area contributed by atoms with Crippen LogP contribution in [0.4, 0.5) is 0 Å². The van der Waals surface area contributed by atoms with Crippen molar-refractivity contribution in [2.24, 2.45) is 0 Å². The van der Waals surface area contributed by atoms with Crippen LogP contribution in [0.15, 0.2) is 30.3 Å². The van der Waals surface area contributed by atoms with Gasteiger partial charge in [-0.25, -0.2) is 0 Å². The van der Waals surface area contributed by atoms with Gasteiger partial charge in [0.2, 0.25) is 0 Å². The maximum atomic E-state index is 9.56. The van der Waals surface area contributed by atoms with E-state index in [9.17, 15) is 5.11 Å². The molecule has 0 aliphatic carbocycles. The fraction of sp³-hybridized carbons (Fsp3) is 0.438. The first-order chi connectivity index (χ1) is 9.13. The van der Waals surface area contributed by atoms with Gasteiger partial charge < -0.3 is 10.4 Å². The van der Waals surface area contributed by atoms with Crippen LogP contribution in [0, 0.1) is 6.92 Å². The molecule has 0 aliphatic heterocycles. The predicted octanol–water partition coefficient (Wildman–Crippen LogP) is 2.96. The molecule has 2 aromatic rings. The minimum Gasteiger partial charge on any atom is -0.394 e. The molecule has 19 heavy (non-hydrogen) atoms. The maximum absolute atomic E-state index is 9.56. The average molecular weight is 258 g/mol. The van der Waals surface area contributed by atoms with Gasteiger partial charge in [0.25, 0.3) is 0 Å². The van der Waals surface area contributed by atoms with Crippen LogP contribution in [-0.2, 0) is 0 Å². The third-order valence-corrected chi connectivity index (χ3v) is 3.54. The Bertz CT molecular complexity index is 553. The van der Waals surface area contributed by atoms with Crippen molar-refractivity contribution in [2.45, 2.75) is 39.3 Å². The maximum Gasteiger partial charge on any atom is 0.0705 e. The number of pyridine rings is 1. The van der Waals surface area contributed by atoms with E-state index < -0.39 is 0 Å². The lowest BCUT2D eigenvalue weighted by atomic mass is 10.0. The Morgan fingerprint density at radius 1 is 1.26 bits per heavy atom. The molecule has 0 fully saturated rings. The van der Waals surface area contributed by atoms with Crippen LogP contribution in [-0.4, -0.2) is 22.7 Å². The zero-order chi connectivity index (χ0) is 13.8. The van der Waals surface area contributed by atoms with Crippen LogP contribution < -0.4 is 5.32 Å². The molecular weight excluding hydrogens is 236 g/mol. The van der Waals surface area contributed by atoms with Crippen molar-refractivity contribution >= 4 is 10.9 Å². The molecule has 0 radical (unpaired) electrons. The molecule has 1 aromatic carbocycles. The van der Waals surface area contributed by atoms with Crippen LogP contribution in [0.25, 0.3) is 10.9 Å². The Kier molecular flexibility index (Phi) is 4.51. The second kappa shape index (κ2) is 6.13.